The molecule has 1 heterocycles. The summed E-state index contributed by atoms with van der Waals surface area (Å²) in [7, 11) is 0. The summed E-state index contributed by atoms with van der Waals surface area (Å²) in [5.74, 6) is -1.23. The molecular weight excluding hydrogens is 336 g/mol. The van der Waals surface area contributed by atoms with Crippen molar-refractivity contribution in [1.29, 1.82) is 0 Å². The fourth-order valence-electron chi connectivity index (χ4n) is 3.59. The van der Waals surface area contributed by atoms with Gasteiger partial charge >= 0.3 is 11.9 Å². The number of carbonyl (C=O) groups is 3. The predicted molar refractivity (Wildman–Crippen MR) is 94.8 cm³/mol. The highest BCUT2D eigenvalue weighted by atomic mass is 16.6. The number of aliphatic hydroxyl groups is 1. The summed E-state index contributed by atoms with van der Waals surface area (Å²) in [5.41, 5.74) is 0.430. The highest BCUT2D eigenvalue weighted by molar-refractivity contribution is 5.92. The van der Waals surface area contributed by atoms with E-state index in [2.05, 4.69) is 0 Å². The van der Waals surface area contributed by atoms with Gasteiger partial charge in [-0.25, -0.2) is 9.59 Å². The molecular formula is C20H26O6. The second kappa shape index (κ2) is 7.58. The van der Waals surface area contributed by atoms with E-state index in [0.717, 1.165) is 19.1 Å². The standard InChI is InChI=1S/C20H26O6/c1-6-11(2)17(22)25-16(15-13(4)18(23)26-19(15)24)20(5)12(3)8-7-9-14(20)10-21/h6,9-10,12,16,19,24H,7-8H2,1-5H3/b11-6+/t12-,16+,19-,20+/m0/s1. The van der Waals surface area contributed by atoms with Crippen LogP contribution in [0.25, 0.3) is 0 Å². The summed E-state index contributed by atoms with van der Waals surface area (Å²) in [6.07, 6.45) is 3.27. The van der Waals surface area contributed by atoms with E-state index in [1.54, 1.807) is 19.9 Å². The molecule has 1 aliphatic carbocycles. The molecule has 0 radical (unpaired) electrons. The molecule has 1 N–H and O–H groups in total. The number of hydrogen-bond donors (Lipinski definition) is 1. The van der Waals surface area contributed by atoms with E-state index in [4.69, 9.17) is 9.47 Å². The average molecular weight is 362 g/mol. The quantitative estimate of drug-likeness (QED) is 0.459. The molecule has 4 atom stereocenters. The molecule has 6 heteroatoms. The van der Waals surface area contributed by atoms with Crippen molar-refractivity contribution in [2.75, 3.05) is 0 Å². The van der Waals surface area contributed by atoms with Crippen LogP contribution in [0.1, 0.15) is 47.5 Å². The summed E-state index contributed by atoms with van der Waals surface area (Å²) in [5, 5.41) is 10.3. The molecule has 6 nitrogen and oxygen atoms in total. The molecule has 142 valence electrons. The van der Waals surface area contributed by atoms with Crippen molar-refractivity contribution < 1.29 is 29.0 Å². The highest BCUT2D eigenvalue weighted by Crippen LogP contribution is 2.49. The van der Waals surface area contributed by atoms with E-state index in [1.165, 1.54) is 6.92 Å². The maximum Gasteiger partial charge on any atom is 0.336 e. The molecule has 0 amide bonds. The third-order valence-electron chi connectivity index (χ3n) is 5.77. The van der Waals surface area contributed by atoms with Gasteiger partial charge in [-0.3, -0.25) is 4.79 Å². The molecule has 0 bridgehead atoms. The first-order chi connectivity index (χ1) is 12.2. The average Bonchev–Trinajstić information content (AvgIpc) is 2.86. The molecule has 2 aliphatic rings. The molecule has 2 rings (SSSR count). The van der Waals surface area contributed by atoms with E-state index < -0.39 is 29.7 Å². The minimum Gasteiger partial charge on any atom is -0.453 e. The zero-order valence-electron chi connectivity index (χ0n) is 15.9. The molecule has 0 saturated carbocycles. The third-order valence-corrected chi connectivity index (χ3v) is 5.77. The number of aliphatic hydroxyl groups excluding tert-OH is 1. The van der Waals surface area contributed by atoms with Gasteiger partial charge in [-0.15, -0.1) is 0 Å². The van der Waals surface area contributed by atoms with Crippen molar-refractivity contribution >= 4 is 18.2 Å². The molecule has 0 saturated heterocycles. The van der Waals surface area contributed by atoms with E-state index in [1.807, 2.05) is 19.9 Å². The molecule has 0 spiro atoms. The molecule has 0 aromatic rings. The monoisotopic (exact) mass is 362 g/mol. The normalized spacial score (nSPS) is 30.6. The predicted octanol–water partition coefficient (Wildman–Crippen LogP) is 2.62. The maximum absolute atomic E-state index is 12.5. The summed E-state index contributed by atoms with van der Waals surface area (Å²) in [6.45, 7) is 8.67. The van der Waals surface area contributed by atoms with Gasteiger partial charge in [-0.05, 0) is 45.1 Å². The molecule has 1 aliphatic heterocycles. The molecule has 0 fully saturated rings. The summed E-state index contributed by atoms with van der Waals surface area (Å²) in [4.78, 5) is 36.2. The van der Waals surface area contributed by atoms with E-state index in [0.29, 0.717) is 11.1 Å². The number of aldehydes is 1. The Kier molecular flexibility index (Phi) is 5.86. The lowest BCUT2D eigenvalue weighted by Gasteiger charge is -2.45. The summed E-state index contributed by atoms with van der Waals surface area (Å²) >= 11 is 0. The molecule has 0 aromatic heterocycles. The van der Waals surface area contributed by atoms with Gasteiger partial charge in [-0.1, -0.05) is 26.0 Å². The first-order valence-electron chi connectivity index (χ1n) is 8.77. The Labute approximate surface area is 153 Å². The number of esters is 2. The fourth-order valence-corrected chi connectivity index (χ4v) is 3.59. The van der Waals surface area contributed by atoms with Gasteiger partial charge in [0, 0.05) is 22.1 Å². The highest BCUT2D eigenvalue weighted by Gasteiger charge is 2.51. The van der Waals surface area contributed by atoms with Crippen molar-refractivity contribution in [3.8, 4) is 0 Å². The van der Waals surface area contributed by atoms with Crippen molar-refractivity contribution in [3.63, 3.8) is 0 Å². The van der Waals surface area contributed by atoms with Crippen molar-refractivity contribution in [2.45, 2.75) is 59.9 Å². The Morgan fingerprint density at radius 2 is 2.15 bits per heavy atom. The van der Waals surface area contributed by atoms with Crippen molar-refractivity contribution in [1.82, 2.24) is 0 Å². The largest absolute Gasteiger partial charge is 0.453 e. The van der Waals surface area contributed by atoms with Crippen LogP contribution in [0.3, 0.4) is 0 Å². The maximum atomic E-state index is 12.5. The SMILES string of the molecule is C/C=C(\C)C(=O)O[C@H](C1=C(C)C(=O)O[C@@H]1O)[C@@]1(C)C(C=O)=CCC[C@@H]1C. The number of cyclic esters (lactones) is 1. The summed E-state index contributed by atoms with van der Waals surface area (Å²) in [6, 6.07) is 0. The zero-order chi connectivity index (χ0) is 19.6. The third kappa shape index (κ3) is 3.26. The lowest BCUT2D eigenvalue weighted by Crippen LogP contribution is -2.47. The first-order valence-corrected chi connectivity index (χ1v) is 8.77. The van der Waals surface area contributed by atoms with Gasteiger partial charge in [0.1, 0.15) is 12.4 Å². The Bertz CT molecular complexity index is 714. The van der Waals surface area contributed by atoms with Crippen molar-refractivity contribution in [2.24, 2.45) is 11.3 Å². The fraction of sp³-hybridized carbons (Fsp3) is 0.550. The molecule has 0 aromatic carbocycles. The Hall–Kier alpha value is -2.21. The van der Waals surface area contributed by atoms with E-state index >= 15 is 0 Å². The van der Waals surface area contributed by atoms with Gasteiger partial charge in [-0.2, -0.15) is 0 Å². The molecule has 0 unspecified atom stereocenters. The van der Waals surface area contributed by atoms with Crippen LogP contribution in [0.5, 0.6) is 0 Å². The number of rotatable bonds is 5. The van der Waals surface area contributed by atoms with Crippen LogP contribution in [-0.2, 0) is 23.9 Å². The zero-order valence-corrected chi connectivity index (χ0v) is 15.9. The molecule has 26 heavy (non-hydrogen) atoms. The lowest BCUT2D eigenvalue weighted by molar-refractivity contribution is -0.157. The number of hydrogen-bond acceptors (Lipinski definition) is 6. The van der Waals surface area contributed by atoms with Crippen LogP contribution in [0.2, 0.25) is 0 Å². The number of ether oxygens (including phenoxy) is 2. The van der Waals surface area contributed by atoms with E-state index in [-0.39, 0.29) is 17.1 Å². The van der Waals surface area contributed by atoms with Crippen LogP contribution in [-0.4, -0.2) is 35.7 Å². The Morgan fingerprint density at radius 3 is 2.65 bits per heavy atom. The minimum absolute atomic E-state index is 0.0142. The van der Waals surface area contributed by atoms with Crippen LogP contribution in [0.4, 0.5) is 0 Å². The van der Waals surface area contributed by atoms with Crippen LogP contribution >= 0.6 is 0 Å². The Morgan fingerprint density at radius 1 is 1.50 bits per heavy atom. The van der Waals surface area contributed by atoms with Gasteiger partial charge in [0.2, 0.25) is 6.29 Å². The van der Waals surface area contributed by atoms with Gasteiger partial charge in [0.15, 0.2) is 0 Å². The van der Waals surface area contributed by atoms with Gasteiger partial charge in [0.25, 0.3) is 0 Å². The minimum atomic E-state index is -1.50. The van der Waals surface area contributed by atoms with Gasteiger partial charge in [0.05, 0.1) is 0 Å². The topological polar surface area (TPSA) is 89.9 Å². The van der Waals surface area contributed by atoms with Crippen LogP contribution < -0.4 is 0 Å². The van der Waals surface area contributed by atoms with E-state index in [9.17, 15) is 19.5 Å². The smallest absolute Gasteiger partial charge is 0.336 e. The number of carbonyl (C=O) groups excluding carboxylic acids is 3. The van der Waals surface area contributed by atoms with Crippen molar-refractivity contribution in [3.05, 3.63) is 34.4 Å². The van der Waals surface area contributed by atoms with Gasteiger partial charge < -0.3 is 14.6 Å². The number of allylic oxidation sites excluding steroid dienone is 2. The lowest BCUT2D eigenvalue weighted by atomic mass is 9.62. The second-order valence-corrected chi connectivity index (χ2v) is 7.13. The first kappa shape index (κ1) is 20.1. The summed E-state index contributed by atoms with van der Waals surface area (Å²) < 4.78 is 10.7. The van der Waals surface area contributed by atoms with Crippen LogP contribution in [0.15, 0.2) is 34.4 Å². The van der Waals surface area contributed by atoms with Crippen LogP contribution in [0, 0.1) is 11.3 Å². The Balaban J connectivity index is 2.62. The second-order valence-electron chi connectivity index (χ2n) is 7.13.